The third-order valence-electron chi connectivity index (χ3n) is 6.26. The van der Waals surface area contributed by atoms with E-state index in [0.717, 1.165) is 31.4 Å². The zero-order valence-corrected chi connectivity index (χ0v) is 19.9. The summed E-state index contributed by atoms with van der Waals surface area (Å²) >= 11 is 0. The van der Waals surface area contributed by atoms with Gasteiger partial charge in [-0.3, -0.25) is 19.4 Å². The first-order valence-electron chi connectivity index (χ1n) is 11.6. The predicted molar refractivity (Wildman–Crippen MR) is 126 cm³/mol. The standard InChI is InChI=1S/C24H38N6O2/c1-5-7-12-29(13-11-25)24(32)22(26)16-28-15-21(6-2)30(17-28)18(3)19-9-8-10-20(14-19)23(31)27-4/h8-10,14,18,21-22H,5-7,12-13,15-17,26H2,1-4H3,(H,27,31)/t18?,21-,22-/m0/s1. The van der Waals surface area contributed by atoms with Crippen molar-refractivity contribution in [2.45, 2.75) is 58.2 Å². The molecule has 0 radical (unpaired) electrons. The van der Waals surface area contributed by atoms with Gasteiger partial charge in [-0.15, -0.1) is 0 Å². The second-order valence-corrected chi connectivity index (χ2v) is 8.51. The van der Waals surface area contributed by atoms with Crippen molar-refractivity contribution in [2.75, 3.05) is 39.9 Å². The minimum absolute atomic E-state index is 0.0783. The van der Waals surface area contributed by atoms with E-state index in [1.54, 1.807) is 11.9 Å². The summed E-state index contributed by atoms with van der Waals surface area (Å²) in [5.74, 6) is -0.249. The van der Waals surface area contributed by atoms with E-state index < -0.39 is 6.04 Å². The molecule has 2 amide bonds. The lowest BCUT2D eigenvalue weighted by molar-refractivity contribution is -0.132. The average molecular weight is 443 g/mol. The second-order valence-electron chi connectivity index (χ2n) is 8.51. The number of nitriles is 1. The molecule has 176 valence electrons. The van der Waals surface area contributed by atoms with Gasteiger partial charge in [0.15, 0.2) is 0 Å². The molecule has 32 heavy (non-hydrogen) atoms. The van der Waals surface area contributed by atoms with Crippen molar-refractivity contribution in [3.05, 3.63) is 35.4 Å². The van der Waals surface area contributed by atoms with Crippen LogP contribution in [0.15, 0.2) is 24.3 Å². The van der Waals surface area contributed by atoms with Crippen molar-refractivity contribution < 1.29 is 9.59 Å². The highest BCUT2D eigenvalue weighted by Crippen LogP contribution is 2.29. The summed E-state index contributed by atoms with van der Waals surface area (Å²) < 4.78 is 0. The number of unbranched alkanes of at least 4 members (excludes halogenated alkanes) is 1. The van der Waals surface area contributed by atoms with Crippen LogP contribution >= 0.6 is 0 Å². The van der Waals surface area contributed by atoms with Gasteiger partial charge in [-0.05, 0) is 37.5 Å². The zero-order chi connectivity index (χ0) is 23.7. The molecule has 1 fully saturated rings. The van der Waals surface area contributed by atoms with E-state index in [1.165, 1.54) is 0 Å². The van der Waals surface area contributed by atoms with Gasteiger partial charge >= 0.3 is 0 Å². The Morgan fingerprint density at radius 3 is 2.75 bits per heavy atom. The third kappa shape index (κ3) is 6.52. The van der Waals surface area contributed by atoms with Crippen molar-refractivity contribution in [1.29, 1.82) is 5.26 Å². The van der Waals surface area contributed by atoms with Crippen LogP contribution < -0.4 is 11.1 Å². The molecular formula is C24H38N6O2. The Labute approximate surface area is 192 Å². The van der Waals surface area contributed by atoms with Gasteiger partial charge in [0, 0.05) is 44.3 Å². The van der Waals surface area contributed by atoms with Gasteiger partial charge in [0.2, 0.25) is 5.91 Å². The average Bonchev–Trinajstić information content (AvgIpc) is 3.22. The second kappa shape index (κ2) is 12.5. The maximum absolute atomic E-state index is 12.8. The minimum Gasteiger partial charge on any atom is -0.355 e. The molecule has 1 unspecified atom stereocenters. The van der Waals surface area contributed by atoms with Gasteiger partial charge in [0.1, 0.15) is 6.54 Å². The summed E-state index contributed by atoms with van der Waals surface area (Å²) in [5.41, 5.74) is 8.02. The third-order valence-corrected chi connectivity index (χ3v) is 6.26. The largest absolute Gasteiger partial charge is 0.355 e. The van der Waals surface area contributed by atoms with E-state index >= 15 is 0 Å². The summed E-state index contributed by atoms with van der Waals surface area (Å²) in [7, 11) is 1.63. The molecule has 8 nitrogen and oxygen atoms in total. The first-order valence-corrected chi connectivity index (χ1v) is 11.6. The van der Waals surface area contributed by atoms with E-state index in [4.69, 9.17) is 11.0 Å². The molecule has 1 aromatic carbocycles. The lowest BCUT2D eigenvalue weighted by Crippen LogP contribution is -2.50. The predicted octanol–water partition coefficient (Wildman–Crippen LogP) is 1.94. The van der Waals surface area contributed by atoms with Crippen molar-refractivity contribution in [3.63, 3.8) is 0 Å². The maximum Gasteiger partial charge on any atom is 0.251 e. The van der Waals surface area contributed by atoms with Crippen molar-refractivity contribution in [3.8, 4) is 6.07 Å². The monoisotopic (exact) mass is 442 g/mol. The molecule has 3 N–H and O–H groups in total. The minimum atomic E-state index is -0.649. The fourth-order valence-corrected chi connectivity index (χ4v) is 4.31. The number of nitrogens with one attached hydrogen (secondary N) is 1. The number of carbonyl (C=O) groups excluding carboxylic acids is 2. The molecule has 1 heterocycles. The number of hydrogen-bond donors (Lipinski definition) is 2. The Morgan fingerprint density at radius 1 is 1.38 bits per heavy atom. The van der Waals surface area contributed by atoms with Crippen molar-refractivity contribution in [1.82, 2.24) is 20.0 Å². The van der Waals surface area contributed by atoms with Crippen LogP contribution in [0, 0.1) is 11.3 Å². The highest BCUT2D eigenvalue weighted by atomic mass is 16.2. The van der Waals surface area contributed by atoms with Crippen LogP contribution in [-0.4, -0.2) is 78.5 Å². The summed E-state index contributed by atoms with van der Waals surface area (Å²) in [6, 6.07) is 9.63. The molecule has 8 heteroatoms. The first kappa shape index (κ1) is 25.8. The fraction of sp³-hybridized carbons (Fsp3) is 0.625. The highest BCUT2D eigenvalue weighted by Gasteiger charge is 2.35. The van der Waals surface area contributed by atoms with Gasteiger partial charge in [-0.2, -0.15) is 5.26 Å². The number of nitrogens with zero attached hydrogens (tertiary/aromatic N) is 4. The molecule has 1 saturated heterocycles. The Kier molecular flexibility index (Phi) is 10.1. The van der Waals surface area contributed by atoms with Gasteiger partial charge in [0.05, 0.1) is 18.8 Å². The molecular weight excluding hydrogens is 404 g/mol. The lowest BCUT2D eigenvalue weighted by Gasteiger charge is -2.30. The quantitative estimate of drug-likeness (QED) is 0.508. The van der Waals surface area contributed by atoms with E-state index in [1.807, 2.05) is 18.2 Å². The van der Waals surface area contributed by atoms with Gasteiger partial charge < -0.3 is 16.0 Å². The summed E-state index contributed by atoms with van der Waals surface area (Å²) in [6.45, 7) is 9.03. The van der Waals surface area contributed by atoms with E-state index in [0.29, 0.717) is 31.4 Å². The van der Waals surface area contributed by atoms with E-state index in [-0.39, 0.29) is 24.4 Å². The van der Waals surface area contributed by atoms with Crippen LogP contribution in [0.25, 0.3) is 0 Å². The van der Waals surface area contributed by atoms with Gasteiger partial charge in [-0.25, -0.2) is 0 Å². The number of hydrogen-bond acceptors (Lipinski definition) is 6. The van der Waals surface area contributed by atoms with Crippen molar-refractivity contribution in [2.24, 2.45) is 5.73 Å². The van der Waals surface area contributed by atoms with Crippen LogP contribution in [0.3, 0.4) is 0 Å². The van der Waals surface area contributed by atoms with Crippen LogP contribution in [-0.2, 0) is 4.79 Å². The SMILES string of the molecule is CCCCN(CC#N)C(=O)[C@@H](N)CN1C[C@H](CC)N(C(C)c2cccc(C(=O)NC)c2)C1. The fourth-order valence-electron chi connectivity index (χ4n) is 4.31. The van der Waals surface area contributed by atoms with E-state index in [2.05, 4.69) is 48.0 Å². The molecule has 0 bridgehead atoms. The van der Waals surface area contributed by atoms with Crippen LogP contribution in [0.4, 0.5) is 0 Å². The topological polar surface area (TPSA) is 106 Å². The normalized spacial score (nSPS) is 18.7. The maximum atomic E-state index is 12.8. The first-order chi connectivity index (χ1) is 15.4. The highest BCUT2D eigenvalue weighted by molar-refractivity contribution is 5.94. The Hall–Kier alpha value is -2.47. The zero-order valence-electron chi connectivity index (χ0n) is 19.9. The molecule has 1 aromatic rings. The lowest BCUT2D eigenvalue weighted by atomic mass is 10.0. The number of nitrogens with two attached hydrogens (primary N) is 1. The van der Waals surface area contributed by atoms with Gasteiger partial charge in [-0.1, -0.05) is 32.4 Å². The number of amides is 2. The Balaban J connectivity index is 2.06. The molecule has 0 saturated carbocycles. The molecule has 0 aliphatic carbocycles. The molecule has 0 spiro atoms. The van der Waals surface area contributed by atoms with Crippen molar-refractivity contribution >= 4 is 11.8 Å². The summed E-state index contributed by atoms with van der Waals surface area (Å²) in [4.78, 5) is 31.1. The number of rotatable bonds is 11. The summed E-state index contributed by atoms with van der Waals surface area (Å²) in [6.07, 6.45) is 2.81. The smallest absolute Gasteiger partial charge is 0.251 e. The van der Waals surface area contributed by atoms with Crippen LogP contribution in [0.1, 0.15) is 62.0 Å². The van der Waals surface area contributed by atoms with Gasteiger partial charge in [0.25, 0.3) is 5.91 Å². The Morgan fingerprint density at radius 2 is 2.12 bits per heavy atom. The molecule has 1 aliphatic rings. The number of benzene rings is 1. The molecule has 2 rings (SSSR count). The molecule has 3 atom stereocenters. The molecule has 1 aliphatic heterocycles. The summed E-state index contributed by atoms with van der Waals surface area (Å²) in [5, 5.41) is 11.7. The van der Waals surface area contributed by atoms with Crippen LogP contribution in [0.2, 0.25) is 0 Å². The number of carbonyl (C=O) groups is 2. The Bertz CT molecular complexity index is 808. The van der Waals surface area contributed by atoms with E-state index in [9.17, 15) is 9.59 Å². The van der Waals surface area contributed by atoms with Crippen LogP contribution in [0.5, 0.6) is 0 Å². The molecule has 0 aromatic heterocycles.